The van der Waals surface area contributed by atoms with Crippen LogP contribution >= 0.6 is 15.9 Å². The predicted octanol–water partition coefficient (Wildman–Crippen LogP) is 3.21. The zero-order valence-corrected chi connectivity index (χ0v) is 12.0. The zero-order valence-electron chi connectivity index (χ0n) is 10.4. The lowest BCUT2D eigenvalue weighted by Crippen LogP contribution is -2.01. The van der Waals surface area contributed by atoms with Gasteiger partial charge in [0.1, 0.15) is 5.69 Å². The van der Waals surface area contributed by atoms with E-state index in [0.717, 1.165) is 0 Å². The van der Waals surface area contributed by atoms with Crippen LogP contribution in [0, 0.1) is 10.1 Å². The predicted molar refractivity (Wildman–Crippen MR) is 75.4 cm³/mol. The average molecular weight is 337 g/mol. The summed E-state index contributed by atoms with van der Waals surface area (Å²) in [4.78, 5) is 25.9. The highest BCUT2D eigenvalue weighted by Crippen LogP contribution is 2.30. The molecule has 0 aliphatic heterocycles. The van der Waals surface area contributed by atoms with Gasteiger partial charge in [-0.2, -0.15) is 0 Å². The SMILES string of the molecule is COC(=O)c1ccc(-c2ncc(Br)cc2[N+](=O)[O-])cc1. The summed E-state index contributed by atoms with van der Waals surface area (Å²) < 4.78 is 5.12. The molecule has 0 saturated carbocycles. The maximum absolute atomic E-state index is 11.3. The van der Waals surface area contributed by atoms with Gasteiger partial charge in [0, 0.05) is 22.3 Å². The Morgan fingerprint density at radius 2 is 2.00 bits per heavy atom. The maximum atomic E-state index is 11.3. The van der Waals surface area contributed by atoms with Crippen LogP contribution in [-0.4, -0.2) is 23.0 Å². The summed E-state index contributed by atoms with van der Waals surface area (Å²) in [5.41, 5.74) is 1.06. The van der Waals surface area contributed by atoms with Crippen LogP contribution in [0.15, 0.2) is 41.0 Å². The summed E-state index contributed by atoms with van der Waals surface area (Å²) in [6.45, 7) is 0. The molecule has 2 rings (SSSR count). The summed E-state index contributed by atoms with van der Waals surface area (Å²) in [6, 6.07) is 7.64. The summed E-state index contributed by atoms with van der Waals surface area (Å²) in [7, 11) is 1.29. The number of halogens is 1. The van der Waals surface area contributed by atoms with Gasteiger partial charge < -0.3 is 4.74 Å². The molecule has 0 amide bonds. The molecule has 0 aliphatic rings. The number of pyridine rings is 1. The van der Waals surface area contributed by atoms with E-state index in [1.54, 1.807) is 12.1 Å². The van der Waals surface area contributed by atoms with Crippen molar-refractivity contribution in [2.75, 3.05) is 7.11 Å². The molecule has 1 aromatic carbocycles. The van der Waals surface area contributed by atoms with Gasteiger partial charge in [0.25, 0.3) is 5.69 Å². The molecule has 0 unspecified atom stereocenters. The fraction of sp³-hybridized carbons (Fsp3) is 0.0769. The smallest absolute Gasteiger partial charge is 0.337 e. The minimum atomic E-state index is -0.499. The lowest BCUT2D eigenvalue weighted by Gasteiger charge is -2.04. The summed E-state index contributed by atoms with van der Waals surface area (Å²) in [5, 5.41) is 11.0. The van der Waals surface area contributed by atoms with Crippen molar-refractivity contribution in [2.45, 2.75) is 0 Å². The van der Waals surface area contributed by atoms with Crippen LogP contribution in [-0.2, 0) is 4.74 Å². The van der Waals surface area contributed by atoms with Crippen molar-refractivity contribution in [1.29, 1.82) is 0 Å². The van der Waals surface area contributed by atoms with E-state index in [-0.39, 0.29) is 11.4 Å². The first kappa shape index (κ1) is 14.1. The van der Waals surface area contributed by atoms with Gasteiger partial charge in [-0.1, -0.05) is 12.1 Å². The molecular weight excluding hydrogens is 328 g/mol. The van der Waals surface area contributed by atoms with Gasteiger partial charge in [-0.15, -0.1) is 0 Å². The van der Waals surface area contributed by atoms with Gasteiger partial charge in [-0.25, -0.2) is 9.78 Å². The van der Waals surface area contributed by atoms with E-state index in [2.05, 4.69) is 25.7 Å². The van der Waals surface area contributed by atoms with Crippen molar-refractivity contribution in [3.8, 4) is 11.3 Å². The van der Waals surface area contributed by atoms with E-state index in [1.807, 2.05) is 0 Å². The number of carbonyl (C=O) groups excluding carboxylic acids is 1. The topological polar surface area (TPSA) is 82.3 Å². The number of rotatable bonds is 3. The Bertz CT molecular complexity index is 671. The average Bonchev–Trinajstić information content (AvgIpc) is 2.46. The number of methoxy groups -OCH3 is 1. The molecular formula is C13H9BrN2O4. The van der Waals surface area contributed by atoms with Crippen LogP contribution in [0.4, 0.5) is 5.69 Å². The number of benzene rings is 1. The van der Waals surface area contributed by atoms with Gasteiger partial charge in [0.2, 0.25) is 0 Å². The molecule has 1 heterocycles. The normalized spacial score (nSPS) is 10.1. The molecule has 6 nitrogen and oxygen atoms in total. The highest BCUT2D eigenvalue weighted by atomic mass is 79.9. The van der Waals surface area contributed by atoms with Crippen molar-refractivity contribution in [1.82, 2.24) is 4.98 Å². The Kier molecular flexibility index (Phi) is 4.09. The molecule has 0 atom stereocenters. The van der Waals surface area contributed by atoms with E-state index < -0.39 is 10.9 Å². The van der Waals surface area contributed by atoms with Crippen molar-refractivity contribution in [2.24, 2.45) is 0 Å². The van der Waals surface area contributed by atoms with Crippen LogP contribution in [0.25, 0.3) is 11.3 Å². The first-order valence-electron chi connectivity index (χ1n) is 5.51. The standard InChI is InChI=1S/C13H9BrN2O4/c1-20-13(17)9-4-2-8(3-5-9)12-11(16(18)19)6-10(14)7-15-12/h2-7H,1H3. The lowest BCUT2D eigenvalue weighted by molar-refractivity contribution is -0.384. The zero-order chi connectivity index (χ0) is 14.7. The molecule has 0 fully saturated rings. The van der Waals surface area contributed by atoms with Gasteiger partial charge in [0.05, 0.1) is 17.6 Å². The second-order valence-corrected chi connectivity index (χ2v) is 4.76. The molecule has 0 spiro atoms. The minimum Gasteiger partial charge on any atom is -0.465 e. The van der Waals surface area contributed by atoms with E-state index in [9.17, 15) is 14.9 Å². The van der Waals surface area contributed by atoms with E-state index >= 15 is 0 Å². The molecule has 0 radical (unpaired) electrons. The Hall–Kier alpha value is -2.28. The number of nitro groups is 1. The van der Waals surface area contributed by atoms with Crippen molar-refractivity contribution in [3.05, 3.63) is 56.7 Å². The lowest BCUT2D eigenvalue weighted by atomic mass is 10.1. The van der Waals surface area contributed by atoms with Crippen LogP contribution in [0.1, 0.15) is 10.4 Å². The van der Waals surface area contributed by atoms with Gasteiger partial charge in [0.15, 0.2) is 0 Å². The Balaban J connectivity index is 2.47. The molecule has 20 heavy (non-hydrogen) atoms. The third-order valence-corrected chi connectivity index (χ3v) is 3.04. The molecule has 102 valence electrons. The first-order chi connectivity index (χ1) is 9.52. The van der Waals surface area contributed by atoms with Gasteiger partial charge >= 0.3 is 5.97 Å². The van der Waals surface area contributed by atoms with Crippen LogP contribution in [0.3, 0.4) is 0 Å². The van der Waals surface area contributed by atoms with E-state index in [0.29, 0.717) is 15.6 Å². The molecule has 2 aromatic rings. The van der Waals surface area contributed by atoms with Crippen LogP contribution < -0.4 is 0 Å². The fourth-order valence-electron chi connectivity index (χ4n) is 1.67. The highest BCUT2D eigenvalue weighted by molar-refractivity contribution is 9.10. The van der Waals surface area contributed by atoms with E-state index in [4.69, 9.17) is 0 Å². The largest absolute Gasteiger partial charge is 0.465 e. The monoisotopic (exact) mass is 336 g/mol. The van der Waals surface area contributed by atoms with Gasteiger partial charge in [-0.05, 0) is 28.1 Å². The molecule has 7 heteroatoms. The highest BCUT2D eigenvalue weighted by Gasteiger charge is 2.17. The van der Waals surface area contributed by atoms with Crippen molar-refractivity contribution < 1.29 is 14.5 Å². The molecule has 0 aliphatic carbocycles. The number of hydrogen-bond donors (Lipinski definition) is 0. The number of ether oxygens (including phenoxy) is 1. The van der Waals surface area contributed by atoms with Crippen LogP contribution in [0.5, 0.6) is 0 Å². The van der Waals surface area contributed by atoms with Crippen molar-refractivity contribution >= 4 is 27.6 Å². The molecule has 1 aromatic heterocycles. The number of nitrogens with zero attached hydrogens (tertiary/aromatic N) is 2. The second-order valence-electron chi connectivity index (χ2n) is 3.85. The maximum Gasteiger partial charge on any atom is 0.337 e. The Morgan fingerprint density at radius 3 is 2.55 bits per heavy atom. The number of carbonyl (C=O) groups is 1. The number of hydrogen-bond acceptors (Lipinski definition) is 5. The van der Waals surface area contributed by atoms with Gasteiger partial charge in [-0.3, -0.25) is 10.1 Å². The molecule has 0 bridgehead atoms. The van der Waals surface area contributed by atoms with E-state index in [1.165, 1.54) is 31.5 Å². The molecule has 0 N–H and O–H groups in total. The summed E-state index contributed by atoms with van der Waals surface area (Å²) >= 11 is 3.15. The first-order valence-corrected chi connectivity index (χ1v) is 6.31. The van der Waals surface area contributed by atoms with Crippen LogP contribution in [0.2, 0.25) is 0 Å². The summed E-state index contributed by atoms with van der Waals surface area (Å²) in [5.74, 6) is -0.463. The molecule has 0 saturated heterocycles. The van der Waals surface area contributed by atoms with Crippen molar-refractivity contribution in [3.63, 3.8) is 0 Å². The third-order valence-electron chi connectivity index (χ3n) is 2.61. The minimum absolute atomic E-state index is 0.106. The number of aromatic nitrogens is 1. The quantitative estimate of drug-likeness (QED) is 0.488. The Labute approximate surface area is 122 Å². The fourth-order valence-corrected chi connectivity index (χ4v) is 1.99. The third kappa shape index (κ3) is 2.83. The summed E-state index contributed by atoms with van der Waals surface area (Å²) in [6.07, 6.45) is 1.48. The second kappa shape index (κ2) is 5.79. The Morgan fingerprint density at radius 1 is 1.35 bits per heavy atom. The number of esters is 1.